The van der Waals surface area contributed by atoms with E-state index in [1.165, 1.54) is 13.2 Å². The molecule has 0 aliphatic heterocycles. The summed E-state index contributed by atoms with van der Waals surface area (Å²) in [6.07, 6.45) is 0. The summed E-state index contributed by atoms with van der Waals surface area (Å²) in [7, 11) is 1.53. The van der Waals surface area contributed by atoms with Crippen LogP contribution in [0, 0.1) is 10.1 Å². The minimum Gasteiger partial charge on any atom is -0.496 e. The van der Waals surface area contributed by atoms with E-state index in [1.54, 1.807) is 0 Å². The first-order chi connectivity index (χ1) is 9.86. The molecule has 0 N–H and O–H groups in total. The third kappa shape index (κ3) is 2.68. The van der Waals surface area contributed by atoms with Crippen LogP contribution < -0.4 is 4.74 Å². The van der Waals surface area contributed by atoms with Gasteiger partial charge in [-0.3, -0.25) is 10.1 Å². The lowest BCUT2D eigenvalue weighted by Crippen LogP contribution is -2.02. The summed E-state index contributed by atoms with van der Waals surface area (Å²) >= 11 is 0. The molecule has 0 aliphatic carbocycles. The van der Waals surface area contributed by atoms with Crippen LogP contribution in [-0.4, -0.2) is 17.0 Å². The molecule has 2 aromatic rings. The number of ether oxygens (including phenoxy) is 1. The van der Waals surface area contributed by atoms with Gasteiger partial charge in [0.05, 0.1) is 18.1 Å². The van der Waals surface area contributed by atoms with E-state index in [0.717, 1.165) is 16.6 Å². The van der Waals surface area contributed by atoms with E-state index in [2.05, 4.69) is 4.98 Å². The zero-order chi connectivity index (χ0) is 15.7. The quantitative estimate of drug-likeness (QED) is 0.618. The molecule has 0 atom stereocenters. The summed E-state index contributed by atoms with van der Waals surface area (Å²) < 4.78 is 5.35. The monoisotopic (exact) mass is 288 g/mol. The van der Waals surface area contributed by atoms with Gasteiger partial charge >= 0.3 is 0 Å². The molecule has 0 unspecified atom stereocenters. The summed E-state index contributed by atoms with van der Waals surface area (Å²) in [5.41, 5.74) is 2.25. The summed E-state index contributed by atoms with van der Waals surface area (Å²) in [6, 6.07) is 5.33. The van der Waals surface area contributed by atoms with Crippen molar-refractivity contribution in [3.8, 4) is 5.75 Å². The Kier molecular flexibility index (Phi) is 4.11. The van der Waals surface area contributed by atoms with E-state index in [4.69, 9.17) is 4.74 Å². The second kappa shape index (κ2) is 5.68. The molecule has 0 amide bonds. The van der Waals surface area contributed by atoms with E-state index in [-0.39, 0.29) is 17.5 Å². The van der Waals surface area contributed by atoms with Gasteiger partial charge in [0.15, 0.2) is 0 Å². The van der Waals surface area contributed by atoms with E-state index < -0.39 is 4.92 Å². The number of rotatable bonds is 4. The van der Waals surface area contributed by atoms with Crippen LogP contribution in [-0.2, 0) is 0 Å². The highest BCUT2D eigenvalue weighted by molar-refractivity contribution is 5.92. The number of methoxy groups -OCH3 is 1. The standard InChI is InChI=1S/C16H20N2O3/c1-9(2)12-7-6-11-15(10(3)4)14(21-5)8-13(18(19)20)16(11)17-12/h6-10H,1-5H3. The second-order valence-electron chi connectivity index (χ2n) is 5.71. The Morgan fingerprint density at radius 1 is 1.19 bits per heavy atom. The maximum absolute atomic E-state index is 11.4. The number of nitro groups is 1. The van der Waals surface area contributed by atoms with Crippen LogP contribution in [0.3, 0.4) is 0 Å². The van der Waals surface area contributed by atoms with Gasteiger partial charge in [-0.2, -0.15) is 0 Å². The van der Waals surface area contributed by atoms with Crippen LogP contribution >= 0.6 is 0 Å². The molecule has 5 heteroatoms. The molecule has 0 saturated carbocycles. The van der Waals surface area contributed by atoms with Crippen LogP contribution in [0.1, 0.15) is 50.8 Å². The molecule has 0 spiro atoms. The summed E-state index contributed by atoms with van der Waals surface area (Å²) in [5, 5.41) is 12.1. The topological polar surface area (TPSA) is 65.3 Å². The number of hydrogen-bond donors (Lipinski definition) is 0. The molecule has 1 aromatic carbocycles. The zero-order valence-electron chi connectivity index (χ0n) is 13.0. The lowest BCUT2D eigenvalue weighted by Gasteiger charge is -2.16. The van der Waals surface area contributed by atoms with Gasteiger partial charge in [-0.25, -0.2) is 4.98 Å². The summed E-state index contributed by atoms with van der Waals surface area (Å²) in [5.74, 6) is 0.955. The van der Waals surface area contributed by atoms with Crippen LogP contribution in [0.15, 0.2) is 18.2 Å². The highest BCUT2D eigenvalue weighted by Gasteiger charge is 2.23. The van der Waals surface area contributed by atoms with Crippen molar-refractivity contribution in [2.24, 2.45) is 0 Å². The molecule has 112 valence electrons. The third-order valence-corrected chi connectivity index (χ3v) is 3.57. The lowest BCUT2D eigenvalue weighted by molar-refractivity contribution is -0.383. The Hall–Kier alpha value is -2.17. The zero-order valence-corrected chi connectivity index (χ0v) is 13.0. The number of nitrogens with zero attached hydrogens (tertiary/aromatic N) is 2. The number of hydrogen-bond acceptors (Lipinski definition) is 4. The molecular formula is C16H20N2O3. The second-order valence-corrected chi connectivity index (χ2v) is 5.71. The fraction of sp³-hybridized carbons (Fsp3) is 0.438. The van der Waals surface area contributed by atoms with Gasteiger partial charge in [-0.1, -0.05) is 33.8 Å². The number of pyridine rings is 1. The highest BCUT2D eigenvalue weighted by Crippen LogP contribution is 2.39. The average molecular weight is 288 g/mol. The van der Waals surface area contributed by atoms with Gasteiger partial charge in [-0.15, -0.1) is 0 Å². The van der Waals surface area contributed by atoms with Crippen molar-refractivity contribution in [3.05, 3.63) is 39.6 Å². The van der Waals surface area contributed by atoms with Crippen LogP contribution in [0.25, 0.3) is 10.9 Å². The van der Waals surface area contributed by atoms with Crippen molar-refractivity contribution < 1.29 is 9.66 Å². The molecule has 0 aliphatic rings. The third-order valence-electron chi connectivity index (χ3n) is 3.57. The van der Waals surface area contributed by atoms with Gasteiger partial charge in [0.2, 0.25) is 0 Å². The van der Waals surface area contributed by atoms with Crippen molar-refractivity contribution in [1.29, 1.82) is 0 Å². The molecular weight excluding hydrogens is 268 g/mol. The number of nitro benzene ring substituents is 1. The maximum Gasteiger partial charge on any atom is 0.299 e. The Morgan fingerprint density at radius 3 is 2.33 bits per heavy atom. The van der Waals surface area contributed by atoms with Crippen molar-refractivity contribution in [2.45, 2.75) is 39.5 Å². The predicted molar refractivity (Wildman–Crippen MR) is 83.1 cm³/mol. The first-order valence-electron chi connectivity index (χ1n) is 7.02. The Morgan fingerprint density at radius 2 is 1.86 bits per heavy atom. The molecule has 0 radical (unpaired) electrons. The normalized spacial score (nSPS) is 11.4. The van der Waals surface area contributed by atoms with Gasteiger partial charge in [0.25, 0.3) is 5.69 Å². The Labute approximate surface area is 124 Å². The first-order valence-corrected chi connectivity index (χ1v) is 7.02. The fourth-order valence-electron chi connectivity index (χ4n) is 2.51. The van der Waals surface area contributed by atoms with Gasteiger partial charge < -0.3 is 4.74 Å². The molecule has 21 heavy (non-hydrogen) atoms. The summed E-state index contributed by atoms with van der Waals surface area (Å²) in [4.78, 5) is 15.5. The minimum atomic E-state index is -0.397. The van der Waals surface area contributed by atoms with Crippen molar-refractivity contribution >= 4 is 16.6 Å². The van der Waals surface area contributed by atoms with E-state index in [9.17, 15) is 10.1 Å². The summed E-state index contributed by atoms with van der Waals surface area (Å²) in [6.45, 7) is 8.12. The highest BCUT2D eigenvalue weighted by atomic mass is 16.6. The van der Waals surface area contributed by atoms with Crippen molar-refractivity contribution in [3.63, 3.8) is 0 Å². The van der Waals surface area contributed by atoms with Crippen molar-refractivity contribution in [1.82, 2.24) is 4.98 Å². The molecule has 0 bridgehead atoms. The van der Waals surface area contributed by atoms with Gasteiger partial charge in [-0.05, 0) is 17.9 Å². The predicted octanol–water partition coefficient (Wildman–Crippen LogP) is 4.40. The Bertz CT molecular complexity index is 693. The largest absolute Gasteiger partial charge is 0.496 e. The van der Waals surface area contributed by atoms with Crippen LogP contribution in [0.5, 0.6) is 5.75 Å². The molecule has 1 aromatic heterocycles. The first kappa shape index (κ1) is 15.2. The van der Waals surface area contributed by atoms with Gasteiger partial charge in [0, 0.05) is 16.6 Å². The van der Waals surface area contributed by atoms with E-state index >= 15 is 0 Å². The minimum absolute atomic E-state index is 0.00579. The SMILES string of the molecule is COc1cc([N+](=O)[O-])c2nc(C(C)C)ccc2c1C(C)C. The van der Waals surface area contributed by atoms with Crippen LogP contribution in [0.2, 0.25) is 0 Å². The van der Waals surface area contributed by atoms with E-state index in [1.807, 2.05) is 39.8 Å². The molecule has 5 nitrogen and oxygen atoms in total. The molecule has 1 heterocycles. The van der Waals surface area contributed by atoms with Crippen LogP contribution in [0.4, 0.5) is 5.69 Å². The lowest BCUT2D eigenvalue weighted by atomic mass is 9.95. The molecule has 2 rings (SSSR count). The Balaban J connectivity index is 2.91. The van der Waals surface area contributed by atoms with E-state index in [0.29, 0.717) is 11.3 Å². The molecule has 0 fully saturated rings. The maximum atomic E-state index is 11.4. The van der Waals surface area contributed by atoms with Crippen molar-refractivity contribution in [2.75, 3.05) is 7.11 Å². The fourth-order valence-corrected chi connectivity index (χ4v) is 2.51. The average Bonchev–Trinajstić information content (AvgIpc) is 2.43. The molecule has 0 saturated heterocycles. The number of fused-ring (bicyclic) bond motifs is 1. The number of benzene rings is 1. The smallest absolute Gasteiger partial charge is 0.299 e. The van der Waals surface area contributed by atoms with Gasteiger partial charge in [0.1, 0.15) is 11.3 Å². The number of aromatic nitrogens is 1. The number of non-ortho nitro benzene ring substituents is 1.